The number of amides is 3. The Bertz CT molecular complexity index is 481. The van der Waals surface area contributed by atoms with Crippen LogP contribution in [0.15, 0.2) is 0 Å². The smallest absolute Gasteiger partial charge is 0.407 e. The van der Waals surface area contributed by atoms with Gasteiger partial charge in [-0.05, 0) is 33.1 Å². The van der Waals surface area contributed by atoms with Crippen molar-refractivity contribution in [3.63, 3.8) is 0 Å². The number of carbonyl (C=O) groups excluding carboxylic acids is 4. The minimum Gasteiger partial charge on any atom is -0.447 e. The van der Waals surface area contributed by atoms with Gasteiger partial charge in [-0.15, -0.1) is 0 Å². The van der Waals surface area contributed by atoms with E-state index in [2.05, 4.69) is 16.0 Å². The lowest BCUT2D eigenvalue weighted by Gasteiger charge is -2.18. The number of carbonyl (C=O) groups is 4. The second-order valence-electron chi connectivity index (χ2n) is 6.93. The average molecular weight is 446 g/mol. The summed E-state index contributed by atoms with van der Waals surface area (Å²) in [6.07, 6.45) is 5.60. The standard InChI is InChI=1S/C21H39N3O7/c1-3-22-20(27)30-16-18(17-31-21(28)23-4-2)29-15-11-12-19(26)24-13-9-7-5-6-8-10-14-25/h14,18H,3-13,15-17H2,1-2H3,(H,22,27)(H,23,28)(H,24,26). The summed E-state index contributed by atoms with van der Waals surface area (Å²) in [6.45, 7) is 5.20. The van der Waals surface area contributed by atoms with E-state index in [1.165, 1.54) is 0 Å². The second-order valence-corrected chi connectivity index (χ2v) is 6.93. The maximum absolute atomic E-state index is 11.9. The van der Waals surface area contributed by atoms with Gasteiger partial charge in [0.25, 0.3) is 0 Å². The third-order valence-electron chi connectivity index (χ3n) is 4.17. The van der Waals surface area contributed by atoms with E-state index in [9.17, 15) is 19.2 Å². The van der Waals surface area contributed by atoms with Crippen LogP contribution in [0.25, 0.3) is 0 Å². The Kier molecular flexibility index (Phi) is 19.3. The zero-order valence-electron chi connectivity index (χ0n) is 18.9. The second kappa shape index (κ2) is 20.9. The molecule has 180 valence electrons. The van der Waals surface area contributed by atoms with E-state index >= 15 is 0 Å². The molecule has 0 heterocycles. The summed E-state index contributed by atoms with van der Waals surface area (Å²) in [6, 6.07) is 0. The van der Waals surface area contributed by atoms with E-state index < -0.39 is 18.3 Å². The van der Waals surface area contributed by atoms with Crippen LogP contribution in [-0.2, 0) is 23.8 Å². The minimum absolute atomic E-state index is 0.0433. The van der Waals surface area contributed by atoms with Crippen molar-refractivity contribution in [2.45, 2.75) is 71.3 Å². The van der Waals surface area contributed by atoms with Gasteiger partial charge in [0, 0.05) is 39.1 Å². The molecule has 10 nitrogen and oxygen atoms in total. The lowest BCUT2D eigenvalue weighted by molar-refractivity contribution is -0.121. The first-order valence-corrected chi connectivity index (χ1v) is 11.2. The molecule has 0 aliphatic heterocycles. The lowest BCUT2D eigenvalue weighted by atomic mass is 10.1. The molecule has 3 amide bonds. The number of hydrogen-bond acceptors (Lipinski definition) is 7. The quantitative estimate of drug-likeness (QED) is 0.205. The van der Waals surface area contributed by atoms with Crippen molar-refractivity contribution in [3.05, 3.63) is 0 Å². The molecule has 0 saturated carbocycles. The fraction of sp³-hybridized carbons (Fsp3) is 0.810. The van der Waals surface area contributed by atoms with Crippen LogP contribution in [0.5, 0.6) is 0 Å². The van der Waals surface area contributed by atoms with Crippen LogP contribution in [0.3, 0.4) is 0 Å². The molecule has 0 saturated heterocycles. The van der Waals surface area contributed by atoms with Crippen LogP contribution >= 0.6 is 0 Å². The van der Waals surface area contributed by atoms with E-state index in [4.69, 9.17) is 14.2 Å². The highest BCUT2D eigenvalue weighted by atomic mass is 16.6. The number of rotatable bonds is 19. The van der Waals surface area contributed by atoms with E-state index in [0.29, 0.717) is 38.9 Å². The molecule has 3 N–H and O–H groups in total. The Labute approximate surface area is 185 Å². The topological polar surface area (TPSA) is 132 Å². The van der Waals surface area contributed by atoms with Crippen molar-refractivity contribution in [2.24, 2.45) is 0 Å². The number of unbranched alkanes of at least 4 members (excludes halogenated alkanes) is 5. The van der Waals surface area contributed by atoms with Crippen molar-refractivity contribution in [1.82, 2.24) is 16.0 Å². The summed E-state index contributed by atoms with van der Waals surface area (Å²) < 4.78 is 15.7. The Morgan fingerprint density at radius 2 is 1.39 bits per heavy atom. The molecule has 0 radical (unpaired) electrons. The minimum atomic E-state index is -0.618. The Morgan fingerprint density at radius 1 is 0.806 bits per heavy atom. The highest BCUT2D eigenvalue weighted by molar-refractivity contribution is 5.75. The van der Waals surface area contributed by atoms with Crippen LogP contribution in [0.2, 0.25) is 0 Å². The predicted octanol–water partition coefficient (Wildman–Crippen LogP) is 2.30. The van der Waals surface area contributed by atoms with Gasteiger partial charge < -0.3 is 35.0 Å². The molecule has 31 heavy (non-hydrogen) atoms. The summed E-state index contributed by atoms with van der Waals surface area (Å²) in [5.74, 6) is -0.0433. The third kappa shape index (κ3) is 19.4. The van der Waals surface area contributed by atoms with Gasteiger partial charge in [-0.1, -0.05) is 19.3 Å². The van der Waals surface area contributed by atoms with Crippen LogP contribution in [0.4, 0.5) is 9.59 Å². The first-order chi connectivity index (χ1) is 15.0. The molecule has 0 aromatic rings. The monoisotopic (exact) mass is 445 g/mol. The molecule has 0 aliphatic carbocycles. The molecule has 10 heteroatoms. The van der Waals surface area contributed by atoms with Gasteiger partial charge in [-0.3, -0.25) is 4.79 Å². The zero-order valence-corrected chi connectivity index (χ0v) is 18.9. The molecule has 0 bridgehead atoms. The van der Waals surface area contributed by atoms with Gasteiger partial charge in [0.15, 0.2) is 0 Å². The molecule has 0 unspecified atom stereocenters. The van der Waals surface area contributed by atoms with Crippen LogP contribution in [0.1, 0.15) is 65.2 Å². The van der Waals surface area contributed by atoms with Gasteiger partial charge >= 0.3 is 12.2 Å². The molecule has 0 aliphatic rings. The molecule has 0 atom stereocenters. The highest BCUT2D eigenvalue weighted by Crippen LogP contribution is 2.04. The Morgan fingerprint density at radius 3 is 1.97 bits per heavy atom. The van der Waals surface area contributed by atoms with E-state index in [1.807, 2.05) is 0 Å². The Hall–Kier alpha value is -2.36. The fourth-order valence-corrected chi connectivity index (χ4v) is 2.55. The number of alkyl carbamates (subject to hydrolysis) is 2. The van der Waals surface area contributed by atoms with E-state index in [0.717, 1.165) is 38.4 Å². The van der Waals surface area contributed by atoms with Crippen molar-refractivity contribution in [1.29, 1.82) is 0 Å². The average Bonchev–Trinajstić information content (AvgIpc) is 2.74. The molecule has 0 aromatic heterocycles. The first kappa shape index (κ1) is 28.6. The van der Waals surface area contributed by atoms with Crippen molar-refractivity contribution >= 4 is 24.4 Å². The summed E-state index contributed by atoms with van der Waals surface area (Å²) >= 11 is 0. The third-order valence-corrected chi connectivity index (χ3v) is 4.17. The summed E-state index contributed by atoms with van der Waals surface area (Å²) in [4.78, 5) is 45.0. The van der Waals surface area contributed by atoms with Crippen LogP contribution < -0.4 is 16.0 Å². The molecular weight excluding hydrogens is 406 g/mol. The molecular formula is C21H39N3O7. The zero-order chi connectivity index (χ0) is 23.2. The number of aldehydes is 1. The normalized spacial score (nSPS) is 10.4. The Balaban J connectivity index is 3.98. The van der Waals surface area contributed by atoms with Gasteiger partial charge in [0.2, 0.25) is 5.91 Å². The SMILES string of the molecule is CCNC(=O)OCC(COC(=O)NCC)OCCCC(=O)NCCCCCCCC=O. The van der Waals surface area contributed by atoms with Crippen molar-refractivity contribution < 1.29 is 33.4 Å². The molecule has 0 aromatic carbocycles. The number of hydrogen-bond donors (Lipinski definition) is 3. The summed E-state index contributed by atoms with van der Waals surface area (Å²) in [5.41, 5.74) is 0. The molecule has 0 spiro atoms. The number of nitrogens with one attached hydrogen (secondary N) is 3. The number of ether oxygens (including phenoxy) is 3. The molecule has 0 rings (SSSR count). The fourth-order valence-electron chi connectivity index (χ4n) is 2.55. The first-order valence-electron chi connectivity index (χ1n) is 11.2. The van der Waals surface area contributed by atoms with Crippen molar-refractivity contribution in [3.8, 4) is 0 Å². The van der Waals surface area contributed by atoms with Gasteiger partial charge in [-0.25, -0.2) is 9.59 Å². The van der Waals surface area contributed by atoms with Crippen molar-refractivity contribution in [2.75, 3.05) is 39.5 Å². The van der Waals surface area contributed by atoms with Gasteiger partial charge in [0.1, 0.15) is 25.6 Å². The predicted molar refractivity (Wildman–Crippen MR) is 116 cm³/mol. The maximum atomic E-state index is 11.9. The molecule has 0 fully saturated rings. The van der Waals surface area contributed by atoms with Gasteiger partial charge in [0.05, 0.1) is 0 Å². The van der Waals surface area contributed by atoms with E-state index in [-0.39, 0.29) is 25.7 Å². The summed E-state index contributed by atoms with van der Waals surface area (Å²) in [7, 11) is 0. The van der Waals surface area contributed by atoms with Crippen LogP contribution in [0, 0.1) is 0 Å². The van der Waals surface area contributed by atoms with E-state index in [1.54, 1.807) is 13.8 Å². The highest BCUT2D eigenvalue weighted by Gasteiger charge is 2.15. The lowest BCUT2D eigenvalue weighted by Crippen LogP contribution is -2.34. The maximum Gasteiger partial charge on any atom is 0.407 e. The van der Waals surface area contributed by atoms with Gasteiger partial charge in [-0.2, -0.15) is 0 Å². The largest absolute Gasteiger partial charge is 0.447 e. The van der Waals surface area contributed by atoms with Crippen LogP contribution in [-0.4, -0.2) is 69.9 Å². The summed E-state index contributed by atoms with van der Waals surface area (Å²) in [5, 5.41) is 7.89.